The molecule has 4 aromatic rings. The number of benzene rings is 1. The van der Waals surface area contributed by atoms with Gasteiger partial charge in [0.15, 0.2) is 5.16 Å². The quantitative estimate of drug-likeness (QED) is 0.350. The van der Waals surface area contributed by atoms with Gasteiger partial charge in [0.05, 0.1) is 46.5 Å². The molecule has 0 saturated heterocycles. The van der Waals surface area contributed by atoms with Crippen molar-refractivity contribution in [2.45, 2.75) is 25.5 Å². The molecular formula is C21H20ClN5O3S. The third-order valence-corrected chi connectivity index (χ3v) is 6.09. The molecule has 0 aliphatic carbocycles. The number of amides is 1. The molecule has 0 aliphatic rings. The van der Waals surface area contributed by atoms with Gasteiger partial charge in [0.2, 0.25) is 5.91 Å². The van der Waals surface area contributed by atoms with Gasteiger partial charge in [0, 0.05) is 12.1 Å². The summed E-state index contributed by atoms with van der Waals surface area (Å²) in [4.78, 5) is 30.3. The van der Waals surface area contributed by atoms with Crippen molar-refractivity contribution in [1.29, 1.82) is 0 Å². The molecular weight excluding hydrogens is 438 g/mol. The van der Waals surface area contributed by atoms with Crippen molar-refractivity contribution in [3.05, 3.63) is 69.1 Å². The van der Waals surface area contributed by atoms with E-state index in [1.165, 1.54) is 16.3 Å². The number of furan rings is 1. The van der Waals surface area contributed by atoms with Gasteiger partial charge in [0.1, 0.15) is 5.76 Å². The summed E-state index contributed by atoms with van der Waals surface area (Å²) in [5.41, 5.74) is 2.56. The van der Waals surface area contributed by atoms with E-state index in [0.717, 1.165) is 11.4 Å². The molecule has 160 valence electrons. The van der Waals surface area contributed by atoms with Crippen LogP contribution in [0.1, 0.15) is 17.1 Å². The highest BCUT2D eigenvalue weighted by Gasteiger charge is 2.17. The van der Waals surface area contributed by atoms with E-state index >= 15 is 0 Å². The van der Waals surface area contributed by atoms with E-state index in [1.54, 1.807) is 41.3 Å². The first-order valence-corrected chi connectivity index (χ1v) is 10.8. The van der Waals surface area contributed by atoms with Crippen LogP contribution in [0.15, 0.2) is 51.0 Å². The lowest BCUT2D eigenvalue weighted by Gasteiger charge is -2.12. The number of carbonyl (C=O) groups is 1. The summed E-state index contributed by atoms with van der Waals surface area (Å²) < 4.78 is 8.63. The molecule has 0 spiro atoms. The number of hydrogen-bond acceptors (Lipinski definition) is 6. The van der Waals surface area contributed by atoms with E-state index in [1.807, 2.05) is 20.9 Å². The van der Waals surface area contributed by atoms with Crippen molar-refractivity contribution in [2.75, 3.05) is 11.1 Å². The lowest BCUT2D eigenvalue weighted by atomic mass is 10.2. The lowest BCUT2D eigenvalue weighted by molar-refractivity contribution is -0.113. The Bertz CT molecular complexity index is 1330. The molecule has 0 bridgehead atoms. The first-order valence-electron chi connectivity index (χ1n) is 9.49. The molecule has 0 saturated carbocycles. The zero-order valence-corrected chi connectivity index (χ0v) is 18.8. The van der Waals surface area contributed by atoms with Crippen molar-refractivity contribution in [2.24, 2.45) is 7.05 Å². The number of halogens is 1. The maximum atomic E-state index is 13.1. The Kier molecular flexibility index (Phi) is 5.88. The van der Waals surface area contributed by atoms with Crippen LogP contribution in [0, 0.1) is 13.8 Å². The smallest absolute Gasteiger partial charge is 0.262 e. The molecule has 31 heavy (non-hydrogen) atoms. The van der Waals surface area contributed by atoms with Crippen LogP contribution in [-0.2, 0) is 18.4 Å². The van der Waals surface area contributed by atoms with Gasteiger partial charge in [0.25, 0.3) is 5.56 Å². The Morgan fingerprint density at radius 1 is 1.29 bits per heavy atom. The van der Waals surface area contributed by atoms with Crippen molar-refractivity contribution in [1.82, 2.24) is 19.3 Å². The highest BCUT2D eigenvalue weighted by molar-refractivity contribution is 7.99. The molecule has 4 rings (SSSR count). The van der Waals surface area contributed by atoms with Crippen LogP contribution < -0.4 is 10.9 Å². The average molecular weight is 458 g/mol. The number of nitrogens with one attached hydrogen (secondary N) is 1. The second-order valence-corrected chi connectivity index (χ2v) is 8.41. The Balaban J connectivity index is 1.63. The molecule has 0 radical (unpaired) electrons. The van der Waals surface area contributed by atoms with Crippen LogP contribution in [-0.4, -0.2) is 31.0 Å². The van der Waals surface area contributed by atoms with Gasteiger partial charge in [-0.2, -0.15) is 5.10 Å². The van der Waals surface area contributed by atoms with Crippen LogP contribution in [0.25, 0.3) is 10.9 Å². The third-order valence-electron chi connectivity index (χ3n) is 4.88. The van der Waals surface area contributed by atoms with E-state index in [-0.39, 0.29) is 23.8 Å². The van der Waals surface area contributed by atoms with Crippen molar-refractivity contribution >= 4 is 45.9 Å². The first-order chi connectivity index (χ1) is 14.8. The number of anilines is 1. The molecule has 0 atom stereocenters. The van der Waals surface area contributed by atoms with Crippen LogP contribution in [0.5, 0.6) is 0 Å². The van der Waals surface area contributed by atoms with Crippen molar-refractivity contribution < 1.29 is 9.21 Å². The van der Waals surface area contributed by atoms with E-state index < -0.39 is 0 Å². The maximum absolute atomic E-state index is 13.1. The molecule has 10 heteroatoms. The molecule has 3 heterocycles. The number of rotatable bonds is 6. The van der Waals surface area contributed by atoms with Gasteiger partial charge < -0.3 is 9.73 Å². The summed E-state index contributed by atoms with van der Waals surface area (Å²) in [7, 11) is 1.82. The van der Waals surface area contributed by atoms with Crippen LogP contribution in [0.2, 0.25) is 5.02 Å². The number of nitrogens with zero attached hydrogens (tertiary/aromatic N) is 4. The van der Waals surface area contributed by atoms with Crippen LogP contribution in [0.4, 0.5) is 5.69 Å². The molecule has 0 aliphatic heterocycles. The minimum absolute atomic E-state index is 0.0739. The highest BCUT2D eigenvalue weighted by Crippen LogP contribution is 2.23. The number of carbonyl (C=O) groups excluding carboxylic acids is 1. The van der Waals surface area contributed by atoms with E-state index in [0.29, 0.717) is 32.5 Å². The fourth-order valence-electron chi connectivity index (χ4n) is 3.24. The number of fused-ring (bicyclic) bond motifs is 1. The molecule has 0 fully saturated rings. The molecule has 3 aromatic heterocycles. The van der Waals surface area contributed by atoms with Gasteiger partial charge in [-0.3, -0.25) is 18.8 Å². The van der Waals surface area contributed by atoms with Gasteiger partial charge in [-0.1, -0.05) is 23.4 Å². The number of aryl methyl sites for hydroxylation is 2. The molecule has 1 amide bonds. The zero-order valence-electron chi connectivity index (χ0n) is 17.2. The predicted octanol–water partition coefficient (Wildman–Crippen LogP) is 3.77. The SMILES string of the molecule is Cc1nn(C)c(C)c1NC(=O)CSc1nc2cc(Cl)ccc2c(=O)n1Cc1ccco1. The topological polar surface area (TPSA) is 95.0 Å². The Morgan fingerprint density at radius 2 is 2.10 bits per heavy atom. The van der Waals surface area contributed by atoms with E-state index in [2.05, 4.69) is 15.4 Å². The minimum Gasteiger partial charge on any atom is -0.467 e. The number of hydrogen-bond donors (Lipinski definition) is 1. The summed E-state index contributed by atoms with van der Waals surface area (Å²) in [6.45, 7) is 3.94. The fourth-order valence-corrected chi connectivity index (χ4v) is 4.21. The Labute approximate surface area is 187 Å². The van der Waals surface area contributed by atoms with E-state index in [9.17, 15) is 9.59 Å². The Morgan fingerprint density at radius 3 is 2.77 bits per heavy atom. The van der Waals surface area contributed by atoms with Crippen molar-refractivity contribution in [3.63, 3.8) is 0 Å². The van der Waals surface area contributed by atoms with Gasteiger partial charge in [-0.05, 0) is 44.2 Å². The van der Waals surface area contributed by atoms with Crippen LogP contribution >= 0.6 is 23.4 Å². The van der Waals surface area contributed by atoms with Gasteiger partial charge in [-0.25, -0.2) is 4.98 Å². The summed E-state index contributed by atoms with van der Waals surface area (Å²) in [5, 5.41) is 8.55. The normalized spacial score (nSPS) is 11.2. The van der Waals surface area contributed by atoms with Crippen molar-refractivity contribution in [3.8, 4) is 0 Å². The second kappa shape index (κ2) is 8.60. The summed E-state index contributed by atoms with van der Waals surface area (Å²) >= 11 is 7.26. The molecule has 1 aromatic carbocycles. The monoisotopic (exact) mass is 457 g/mol. The number of aromatic nitrogens is 4. The van der Waals surface area contributed by atoms with E-state index in [4.69, 9.17) is 16.0 Å². The third kappa shape index (κ3) is 4.38. The minimum atomic E-state index is -0.222. The average Bonchev–Trinajstić information content (AvgIpc) is 3.32. The molecule has 1 N–H and O–H groups in total. The van der Waals surface area contributed by atoms with Gasteiger partial charge >= 0.3 is 0 Å². The first kappa shape index (κ1) is 21.2. The predicted molar refractivity (Wildman–Crippen MR) is 121 cm³/mol. The maximum Gasteiger partial charge on any atom is 0.262 e. The summed E-state index contributed by atoms with van der Waals surface area (Å²) in [6, 6.07) is 8.49. The lowest BCUT2D eigenvalue weighted by Crippen LogP contribution is -2.24. The fraction of sp³-hybridized carbons (Fsp3) is 0.238. The Hall–Kier alpha value is -3.04. The molecule has 0 unspecified atom stereocenters. The second-order valence-electron chi connectivity index (χ2n) is 7.03. The highest BCUT2D eigenvalue weighted by atomic mass is 35.5. The summed E-state index contributed by atoms with van der Waals surface area (Å²) in [6.07, 6.45) is 1.55. The van der Waals surface area contributed by atoms with Gasteiger partial charge in [-0.15, -0.1) is 0 Å². The zero-order chi connectivity index (χ0) is 22.1. The molecule has 8 nitrogen and oxygen atoms in total. The summed E-state index contributed by atoms with van der Waals surface area (Å²) in [5.74, 6) is 0.476. The standard InChI is InChI=1S/C21H20ClN5O3S/c1-12-19(13(2)26(3)25-12)24-18(28)11-31-21-23-17-9-14(22)6-7-16(17)20(29)27(21)10-15-5-4-8-30-15/h4-9H,10-11H2,1-3H3,(H,24,28). The number of thioether (sulfide) groups is 1. The van der Waals surface area contributed by atoms with Crippen LogP contribution in [0.3, 0.4) is 0 Å². The largest absolute Gasteiger partial charge is 0.467 e.